The van der Waals surface area contributed by atoms with Crippen molar-refractivity contribution < 1.29 is 15.0 Å². The first-order valence-electron chi connectivity index (χ1n) is 10.3. The molecule has 0 heterocycles. The third kappa shape index (κ3) is 2.15. The van der Waals surface area contributed by atoms with Gasteiger partial charge in [0.05, 0.1) is 17.6 Å². The van der Waals surface area contributed by atoms with Gasteiger partial charge in [-0.1, -0.05) is 19.0 Å². The molecule has 4 rings (SSSR count). The zero-order chi connectivity index (χ0) is 18.7. The van der Waals surface area contributed by atoms with E-state index < -0.39 is 22.8 Å². The highest BCUT2D eigenvalue weighted by atomic mass is 16.4. The van der Waals surface area contributed by atoms with Crippen molar-refractivity contribution in [2.45, 2.75) is 83.3 Å². The Bertz CT molecular complexity index is 663. The van der Waals surface area contributed by atoms with Crippen LogP contribution in [-0.4, -0.2) is 27.8 Å². The smallest absolute Gasteiger partial charge is 0.307 e. The van der Waals surface area contributed by atoms with Crippen molar-refractivity contribution in [1.82, 2.24) is 0 Å². The molecule has 8 atom stereocenters. The fourth-order valence-corrected chi connectivity index (χ4v) is 7.92. The number of aliphatic hydroxyl groups excluding tert-OH is 1. The van der Waals surface area contributed by atoms with Crippen LogP contribution in [0.25, 0.3) is 10.4 Å². The van der Waals surface area contributed by atoms with Crippen LogP contribution in [0.4, 0.5) is 0 Å². The molecule has 0 saturated heterocycles. The molecular formula is C20H31N3O3. The van der Waals surface area contributed by atoms with Gasteiger partial charge in [-0.25, -0.2) is 0 Å². The molecule has 2 N–H and O–H groups in total. The largest absolute Gasteiger partial charge is 0.481 e. The van der Waals surface area contributed by atoms with Crippen molar-refractivity contribution in [2.24, 2.45) is 39.6 Å². The second-order valence-electron chi connectivity index (χ2n) is 9.92. The molecule has 4 fully saturated rings. The van der Waals surface area contributed by atoms with E-state index in [9.17, 15) is 20.5 Å². The van der Waals surface area contributed by atoms with Crippen LogP contribution in [0, 0.1) is 34.5 Å². The van der Waals surface area contributed by atoms with Crippen molar-refractivity contribution in [2.75, 3.05) is 0 Å². The lowest BCUT2D eigenvalue weighted by atomic mass is 9.42. The van der Waals surface area contributed by atoms with Crippen LogP contribution in [0.5, 0.6) is 0 Å². The molecule has 0 aromatic heterocycles. The standard InChI is InChI=1S/C20H31N3O3/c1-18-8-5-13(24)11-12(18)3-4-15-14(18)6-9-19(2)16(17(25)26)7-10-20(15,19)22-23-21/h12-16,24H,3-11H2,1-2H3,(H,25,26)/t12-,13+,14+,15-,16-,18+,19-,20+/m1/s1. The Labute approximate surface area is 155 Å². The Morgan fingerprint density at radius 3 is 2.54 bits per heavy atom. The maximum atomic E-state index is 11.9. The normalized spacial score (nSPS) is 53.0. The van der Waals surface area contributed by atoms with E-state index in [2.05, 4.69) is 23.9 Å². The lowest BCUT2D eigenvalue weighted by molar-refractivity contribution is -0.157. The number of carboxylic acids is 1. The average Bonchev–Trinajstić information content (AvgIpc) is 2.89. The molecule has 6 heteroatoms. The van der Waals surface area contributed by atoms with Gasteiger partial charge in [-0.15, -0.1) is 0 Å². The summed E-state index contributed by atoms with van der Waals surface area (Å²) in [4.78, 5) is 15.2. The Hall–Kier alpha value is -1.26. The minimum atomic E-state index is -0.735. The summed E-state index contributed by atoms with van der Waals surface area (Å²) in [5.41, 5.74) is 8.58. The molecule has 0 aromatic carbocycles. The van der Waals surface area contributed by atoms with Crippen LogP contribution < -0.4 is 0 Å². The molecule has 0 spiro atoms. The SMILES string of the molecule is C[C@]12CC[C@H](O)C[C@H]1CC[C@@H]1[C@@H]2CC[C@]2(C)[C@@H](C(=O)O)CC[C@]12N=[N+]=[N-]. The van der Waals surface area contributed by atoms with E-state index in [1.165, 1.54) is 0 Å². The fourth-order valence-electron chi connectivity index (χ4n) is 7.92. The molecule has 0 aliphatic heterocycles. The maximum Gasteiger partial charge on any atom is 0.307 e. The zero-order valence-corrected chi connectivity index (χ0v) is 15.9. The Morgan fingerprint density at radius 2 is 1.85 bits per heavy atom. The van der Waals surface area contributed by atoms with Crippen LogP contribution in [0.2, 0.25) is 0 Å². The van der Waals surface area contributed by atoms with Crippen LogP contribution in [0.15, 0.2) is 5.11 Å². The molecule has 0 amide bonds. The quantitative estimate of drug-likeness (QED) is 0.429. The fraction of sp³-hybridized carbons (Fsp3) is 0.950. The number of aliphatic carboxylic acids is 1. The van der Waals surface area contributed by atoms with Gasteiger partial charge in [-0.3, -0.25) is 4.79 Å². The third-order valence-corrected chi connectivity index (χ3v) is 9.35. The molecule has 0 radical (unpaired) electrons. The van der Waals surface area contributed by atoms with E-state index in [0.29, 0.717) is 24.7 Å². The highest BCUT2D eigenvalue weighted by Crippen LogP contribution is 2.70. The van der Waals surface area contributed by atoms with E-state index in [-0.39, 0.29) is 17.4 Å². The second kappa shape index (κ2) is 5.87. The van der Waals surface area contributed by atoms with Crippen LogP contribution >= 0.6 is 0 Å². The monoisotopic (exact) mass is 361 g/mol. The minimum Gasteiger partial charge on any atom is -0.481 e. The van der Waals surface area contributed by atoms with Gasteiger partial charge in [0.25, 0.3) is 0 Å². The molecule has 0 aromatic rings. The number of fused-ring (bicyclic) bond motifs is 5. The predicted molar refractivity (Wildman–Crippen MR) is 97.2 cm³/mol. The van der Waals surface area contributed by atoms with E-state index in [1.54, 1.807) is 0 Å². The molecule has 0 unspecified atom stereocenters. The van der Waals surface area contributed by atoms with E-state index in [4.69, 9.17) is 0 Å². The molecule has 4 aliphatic rings. The Balaban J connectivity index is 1.76. The summed E-state index contributed by atoms with van der Waals surface area (Å²) in [5, 5.41) is 24.4. The highest BCUT2D eigenvalue weighted by molar-refractivity contribution is 5.72. The number of hydrogen-bond donors (Lipinski definition) is 2. The van der Waals surface area contributed by atoms with E-state index >= 15 is 0 Å². The summed E-state index contributed by atoms with van der Waals surface area (Å²) in [6.07, 6.45) is 7.85. The van der Waals surface area contributed by atoms with Crippen molar-refractivity contribution in [3.8, 4) is 0 Å². The number of nitrogens with zero attached hydrogens (tertiary/aromatic N) is 3. The number of hydrogen-bond acceptors (Lipinski definition) is 3. The summed E-state index contributed by atoms with van der Waals surface area (Å²) in [6, 6.07) is 0. The highest BCUT2D eigenvalue weighted by Gasteiger charge is 2.68. The number of rotatable bonds is 2. The summed E-state index contributed by atoms with van der Waals surface area (Å²) >= 11 is 0. The second-order valence-corrected chi connectivity index (χ2v) is 9.92. The van der Waals surface area contributed by atoms with E-state index in [0.717, 1.165) is 44.9 Å². The topological polar surface area (TPSA) is 106 Å². The van der Waals surface area contributed by atoms with Gasteiger partial charge in [-0.05, 0) is 91.9 Å². The van der Waals surface area contributed by atoms with Gasteiger partial charge in [0, 0.05) is 4.91 Å². The third-order valence-electron chi connectivity index (χ3n) is 9.35. The first kappa shape index (κ1) is 18.1. The average molecular weight is 361 g/mol. The Kier molecular flexibility index (Phi) is 4.09. The van der Waals surface area contributed by atoms with Crippen molar-refractivity contribution in [1.29, 1.82) is 0 Å². The molecule has 144 valence electrons. The van der Waals surface area contributed by atoms with Crippen molar-refractivity contribution in [3.63, 3.8) is 0 Å². The lowest BCUT2D eigenvalue weighted by Gasteiger charge is -2.63. The summed E-state index contributed by atoms with van der Waals surface area (Å²) in [5.74, 6) is 0.142. The number of azide groups is 1. The lowest BCUT2D eigenvalue weighted by Crippen LogP contribution is -2.61. The minimum absolute atomic E-state index is 0.174. The number of aliphatic hydroxyl groups is 1. The van der Waals surface area contributed by atoms with Crippen LogP contribution in [0.1, 0.15) is 71.6 Å². The molecular weight excluding hydrogens is 330 g/mol. The van der Waals surface area contributed by atoms with Crippen LogP contribution in [-0.2, 0) is 4.79 Å². The van der Waals surface area contributed by atoms with Gasteiger partial charge in [0.1, 0.15) is 0 Å². The Morgan fingerprint density at radius 1 is 1.08 bits per heavy atom. The van der Waals surface area contributed by atoms with Crippen LogP contribution in [0.3, 0.4) is 0 Å². The number of carbonyl (C=O) groups is 1. The van der Waals surface area contributed by atoms with Gasteiger partial charge in [0.2, 0.25) is 0 Å². The van der Waals surface area contributed by atoms with Gasteiger partial charge in [-0.2, -0.15) is 0 Å². The van der Waals surface area contributed by atoms with Gasteiger partial charge in [0.15, 0.2) is 0 Å². The molecule has 0 bridgehead atoms. The van der Waals surface area contributed by atoms with E-state index in [1.807, 2.05) is 0 Å². The van der Waals surface area contributed by atoms with Crippen molar-refractivity contribution in [3.05, 3.63) is 10.4 Å². The number of carboxylic acid groups (broad SMARTS) is 1. The zero-order valence-electron chi connectivity index (χ0n) is 15.9. The maximum absolute atomic E-state index is 11.9. The first-order chi connectivity index (χ1) is 12.3. The first-order valence-corrected chi connectivity index (χ1v) is 10.3. The van der Waals surface area contributed by atoms with Crippen molar-refractivity contribution >= 4 is 5.97 Å². The molecule has 4 saturated carbocycles. The summed E-state index contributed by atoms with van der Waals surface area (Å²) in [6.45, 7) is 4.46. The summed E-state index contributed by atoms with van der Waals surface area (Å²) < 4.78 is 0. The van der Waals surface area contributed by atoms with Gasteiger partial charge < -0.3 is 10.2 Å². The predicted octanol–water partition coefficient (Wildman–Crippen LogP) is 4.52. The molecule has 26 heavy (non-hydrogen) atoms. The molecule has 4 aliphatic carbocycles. The molecule has 6 nitrogen and oxygen atoms in total. The van der Waals surface area contributed by atoms with Gasteiger partial charge >= 0.3 is 5.97 Å². The summed E-state index contributed by atoms with van der Waals surface area (Å²) in [7, 11) is 0.